The molecule has 8 nitrogen and oxygen atoms in total. The predicted octanol–water partition coefficient (Wildman–Crippen LogP) is 2.57. The van der Waals surface area contributed by atoms with Crippen molar-refractivity contribution in [2.24, 2.45) is 0 Å². The van der Waals surface area contributed by atoms with E-state index in [-0.39, 0.29) is 29.8 Å². The molecule has 4 rings (SSSR count). The van der Waals surface area contributed by atoms with Crippen molar-refractivity contribution in [2.75, 3.05) is 22.6 Å². The lowest BCUT2D eigenvalue weighted by Gasteiger charge is -2.37. The maximum Gasteiger partial charge on any atom is 0.246 e. The zero-order valence-corrected chi connectivity index (χ0v) is 16.2. The van der Waals surface area contributed by atoms with Gasteiger partial charge in [-0.25, -0.2) is 13.8 Å². The van der Waals surface area contributed by atoms with Crippen LogP contribution in [-0.2, 0) is 4.79 Å². The average Bonchev–Trinajstić information content (AvgIpc) is 2.63. The molecule has 0 radical (unpaired) electrons. The highest BCUT2D eigenvalue weighted by Crippen LogP contribution is 2.34. The number of anilines is 3. The van der Waals surface area contributed by atoms with Gasteiger partial charge < -0.3 is 25.4 Å². The van der Waals surface area contributed by atoms with Crippen LogP contribution >= 0.6 is 0 Å². The Balaban J connectivity index is 1.40. The fourth-order valence-corrected chi connectivity index (χ4v) is 3.38. The largest absolute Gasteiger partial charge is 0.503 e. The summed E-state index contributed by atoms with van der Waals surface area (Å²) < 4.78 is 32.4. The van der Waals surface area contributed by atoms with Crippen molar-refractivity contribution in [1.82, 2.24) is 9.97 Å². The number of benzene rings is 1. The zero-order valence-electron chi connectivity index (χ0n) is 16.2. The maximum absolute atomic E-state index is 13.4. The number of nitrogens with zero attached hydrogens (tertiary/aromatic N) is 3. The Bertz CT molecular complexity index is 958. The van der Waals surface area contributed by atoms with E-state index in [1.165, 1.54) is 0 Å². The number of ether oxygens (including phenoxy) is 1. The average molecular weight is 405 g/mol. The van der Waals surface area contributed by atoms with E-state index in [1.54, 1.807) is 18.7 Å². The summed E-state index contributed by atoms with van der Waals surface area (Å²) in [7, 11) is 1.81. The number of aromatic nitrogens is 2. The Labute approximate surface area is 165 Å². The number of hydrogen-bond donors (Lipinski definition) is 3. The Hall–Kier alpha value is -3.17. The van der Waals surface area contributed by atoms with E-state index in [0.29, 0.717) is 36.0 Å². The highest BCUT2D eigenvalue weighted by atomic mass is 19.1. The van der Waals surface area contributed by atoms with Crippen LogP contribution in [0.3, 0.4) is 0 Å². The van der Waals surface area contributed by atoms with Gasteiger partial charge in [-0.2, -0.15) is 4.98 Å². The van der Waals surface area contributed by atoms with Crippen LogP contribution in [0.15, 0.2) is 12.1 Å². The van der Waals surface area contributed by atoms with Gasteiger partial charge in [0.1, 0.15) is 23.6 Å². The summed E-state index contributed by atoms with van der Waals surface area (Å²) >= 11 is 0. The number of hydrogen-bond acceptors (Lipinski definition) is 7. The molecule has 10 heteroatoms. The van der Waals surface area contributed by atoms with Crippen LogP contribution in [0, 0.1) is 18.6 Å². The molecule has 1 atom stereocenters. The van der Waals surface area contributed by atoms with Gasteiger partial charge >= 0.3 is 0 Å². The number of amides is 1. The highest BCUT2D eigenvalue weighted by molar-refractivity contribution is 6.03. The van der Waals surface area contributed by atoms with Gasteiger partial charge in [-0.1, -0.05) is 0 Å². The van der Waals surface area contributed by atoms with Gasteiger partial charge in [0, 0.05) is 38.1 Å². The molecule has 2 aliphatic rings. The first kappa shape index (κ1) is 19.2. The molecule has 0 saturated heterocycles. The molecule has 0 spiro atoms. The van der Waals surface area contributed by atoms with Crippen molar-refractivity contribution < 1.29 is 23.4 Å². The number of aryl methyl sites for hydroxylation is 1. The summed E-state index contributed by atoms with van der Waals surface area (Å²) in [6, 6.07) is 1.63. The Morgan fingerprint density at radius 2 is 1.93 bits per heavy atom. The van der Waals surface area contributed by atoms with Gasteiger partial charge in [0.15, 0.2) is 23.2 Å². The molecule has 1 fully saturated rings. The minimum Gasteiger partial charge on any atom is -0.503 e. The van der Waals surface area contributed by atoms with Gasteiger partial charge in [0.25, 0.3) is 0 Å². The lowest BCUT2D eigenvalue weighted by Crippen LogP contribution is -2.45. The zero-order chi connectivity index (χ0) is 20.9. The van der Waals surface area contributed by atoms with E-state index < -0.39 is 17.4 Å². The van der Waals surface area contributed by atoms with Crippen LogP contribution in [0.25, 0.3) is 0 Å². The van der Waals surface area contributed by atoms with Crippen LogP contribution < -0.4 is 20.3 Å². The second-order valence-corrected chi connectivity index (χ2v) is 7.40. The van der Waals surface area contributed by atoms with Crippen molar-refractivity contribution in [3.05, 3.63) is 29.5 Å². The standard InChI is InChI=1S/C19H21F2N5O3/c1-8-15-17(26(3)9(2)18(28)24-15)25-19(22-8)23-10-4-11(5-10)29-12-6-13(20)16(27)14(21)7-12/h6-7,9-11,27H,4-5H2,1-3H3,(H,24,28)(H,22,23,25)/t9-,10?,11?/m0/s1. The van der Waals surface area contributed by atoms with Gasteiger partial charge in [-0.3, -0.25) is 4.79 Å². The number of phenolic OH excluding ortho intramolecular Hbond substituents is 1. The molecular formula is C19H21F2N5O3. The number of rotatable bonds is 4. The second kappa shape index (κ2) is 7.02. The van der Waals surface area contributed by atoms with Crippen molar-refractivity contribution in [1.29, 1.82) is 0 Å². The van der Waals surface area contributed by atoms with Crippen LogP contribution in [0.2, 0.25) is 0 Å². The molecule has 1 aliphatic carbocycles. The molecule has 2 aromatic rings. The Morgan fingerprint density at radius 1 is 1.28 bits per heavy atom. The van der Waals surface area contributed by atoms with E-state index in [2.05, 4.69) is 20.6 Å². The summed E-state index contributed by atoms with van der Waals surface area (Å²) in [5.41, 5.74) is 1.26. The smallest absolute Gasteiger partial charge is 0.246 e. The van der Waals surface area contributed by atoms with Crippen LogP contribution in [0.4, 0.5) is 26.2 Å². The van der Waals surface area contributed by atoms with E-state index in [0.717, 1.165) is 12.1 Å². The molecule has 0 unspecified atom stereocenters. The van der Waals surface area contributed by atoms with Crippen molar-refractivity contribution in [3.63, 3.8) is 0 Å². The molecule has 1 aromatic heterocycles. The first-order chi connectivity index (χ1) is 13.7. The summed E-state index contributed by atoms with van der Waals surface area (Å²) in [5.74, 6) is -2.10. The van der Waals surface area contributed by atoms with Crippen LogP contribution in [0.5, 0.6) is 11.5 Å². The number of carbonyl (C=O) groups excluding carboxylic acids is 1. The monoisotopic (exact) mass is 405 g/mol. The number of likely N-dealkylation sites (N-methyl/N-ethyl adjacent to an activating group) is 1. The molecule has 1 saturated carbocycles. The summed E-state index contributed by atoms with van der Waals surface area (Å²) in [4.78, 5) is 22.7. The topological polar surface area (TPSA) is 99.6 Å². The summed E-state index contributed by atoms with van der Waals surface area (Å²) in [6.45, 7) is 3.60. The van der Waals surface area contributed by atoms with E-state index in [1.807, 2.05) is 7.05 Å². The Kier molecular flexibility index (Phi) is 4.64. The van der Waals surface area contributed by atoms with Crippen LogP contribution in [-0.4, -0.2) is 46.2 Å². The van der Waals surface area contributed by atoms with Crippen molar-refractivity contribution in [2.45, 2.75) is 44.9 Å². The number of carbonyl (C=O) groups is 1. The summed E-state index contributed by atoms with van der Waals surface area (Å²) in [6.07, 6.45) is 0.996. The lowest BCUT2D eigenvalue weighted by molar-refractivity contribution is -0.117. The van der Waals surface area contributed by atoms with E-state index in [9.17, 15) is 13.6 Å². The Morgan fingerprint density at radius 3 is 2.59 bits per heavy atom. The van der Waals surface area contributed by atoms with E-state index in [4.69, 9.17) is 9.84 Å². The molecular weight excluding hydrogens is 384 g/mol. The van der Waals surface area contributed by atoms with Crippen molar-refractivity contribution in [3.8, 4) is 11.5 Å². The molecule has 1 amide bonds. The van der Waals surface area contributed by atoms with Gasteiger partial charge in [-0.05, 0) is 13.8 Å². The normalized spacial score (nSPS) is 23.1. The van der Waals surface area contributed by atoms with Crippen molar-refractivity contribution >= 4 is 23.4 Å². The van der Waals surface area contributed by atoms with E-state index >= 15 is 0 Å². The SMILES string of the molecule is Cc1nc(NC2CC(Oc3cc(F)c(O)c(F)c3)C2)nc2c1NC(=O)[C@H](C)N2C. The fraction of sp³-hybridized carbons (Fsp3) is 0.421. The summed E-state index contributed by atoms with van der Waals surface area (Å²) in [5, 5.41) is 15.2. The molecule has 1 aliphatic heterocycles. The third-order valence-corrected chi connectivity index (χ3v) is 5.33. The predicted molar refractivity (Wildman–Crippen MR) is 102 cm³/mol. The first-order valence-corrected chi connectivity index (χ1v) is 9.26. The third kappa shape index (κ3) is 3.50. The minimum absolute atomic E-state index is 0.0356. The third-order valence-electron chi connectivity index (χ3n) is 5.33. The maximum atomic E-state index is 13.4. The van der Waals surface area contributed by atoms with Gasteiger partial charge in [0.05, 0.1) is 5.69 Å². The lowest BCUT2D eigenvalue weighted by atomic mass is 9.89. The molecule has 29 heavy (non-hydrogen) atoms. The molecule has 3 N–H and O–H groups in total. The molecule has 154 valence electrons. The number of halogens is 2. The quantitative estimate of drug-likeness (QED) is 0.719. The fourth-order valence-electron chi connectivity index (χ4n) is 3.38. The highest BCUT2D eigenvalue weighted by Gasteiger charge is 2.34. The van der Waals surface area contributed by atoms with Gasteiger partial charge in [0.2, 0.25) is 11.9 Å². The molecule has 2 heterocycles. The number of fused-ring (bicyclic) bond motifs is 1. The number of phenols is 1. The van der Waals surface area contributed by atoms with Crippen LogP contribution in [0.1, 0.15) is 25.5 Å². The molecule has 0 bridgehead atoms. The van der Waals surface area contributed by atoms with Gasteiger partial charge in [-0.15, -0.1) is 0 Å². The number of aromatic hydroxyl groups is 1. The number of nitrogens with one attached hydrogen (secondary N) is 2. The first-order valence-electron chi connectivity index (χ1n) is 9.26. The second-order valence-electron chi connectivity index (χ2n) is 7.40. The minimum atomic E-state index is -1.06. The molecule has 1 aromatic carbocycles.